The molecule has 0 saturated heterocycles. The van der Waals surface area contributed by atoms with Gasteiger partial charge in [-0.2, -0.15) is 0 Å². The number of ether oxygens (including phenoxy) is 3. The van der Waals surface area contributed by atoms with Crippen LogP contribution in [-0.2, 0) is 0 Å². The lowest BCUT2D eigenvalue weighted by Gasteiger charge is -2.21. The molecule has 1 aromatic carbocycles. The molecule has 0 fully saturated rings. The standard InChI is InChI=1S/C30H53NO10/c1-2-3-4-5-6-7-8-9-10-11-12-13-14-31-30(38)23-15-27(39-20-24(35)17-32)29(41-22-26(37)19-34)28(16-23)40-21-25(36)18-33/h15-16,24-26,32-37H,2-14,17-22H2,1H3,(H,31,38). The lowest BCUT2D eigenvalue weighted by molar-refractivity contribution is 0.0392. The Labute approximate surface area is 244 Å². The second kappa shape index (κ2) is 23.4. The molecule has 0 aliphatic heterocycles. The fourth-order valence-electron chi connectivity index (χ4n) is 4.04. The number of amides is 1. The molecule has 0 bridgehead atoms. The normalized spacial score (nSPS) is 13.4. The van der Waals surface area contributed by atoms with E-state index in [1.807, 2.05) is 0 Å². The molecule has 3 unspecified atom stereocenters. The highest BCUT2D eigenvalue weighted by molar-refractivity contribution is 5.95. The van der Waals surface area contributed by atoms with Crippen LogP contribution in [0.1, 0.15) is 94.3 Å². The molecule has 41 heavy (non-hydrogen) atoms. The zero-order valence-corrected chi connectivity index (χ0v) is 24.6. The van der Waals surface area contributed by atoms with Crippen LogP contribution in [0.4, 0.5) is 0 Å². The number of hydrogen-bond acceptors (Lipinski definition) is 10. The van der Waals surface area contributed by atoms with E-state index >= 15 is 0 Å². The van der Waals surface area contributed by atoms with Crippen LogP contribution in [0, 0.1) is 0 Å². The van der Waals surface area contributed by atoms with Gasteiger partial charge in [0.1, 0.15) is 38.1 Å². The summed E-state index contributed by atoms with van der Waals surface area (Å²) >= 11 is 0. The van der Waals surface area contributed by atoms with Crippen molar-refractivity contribution in [2.24, 2.45) is 0 Å². The van der Waals surface area contributed by atoms with Crippen LogP contribution in [0.2, 0.25) is 0 Å². The summed E-state index contributed by atoms with van der Waals surface area (Å²) in [6, 6.07) is 2.77. The van der Waals surface area contributed by atoms with E-state index < -0.39 is 44.0 Å². The summed E-state index contributed by atoms with van der Waals surface area (Å²) in [7, 11) is 0. The van der Waals surface area contributed by atoms with Gasteiger partial charge in [0, 0.05) is 12.1 Å². The van der Waals surface area contributed by atoms with E-state index in [1.165, 1.54) is 69.9 Å². The van der Waals surface area contributed by atoms with E-state index in [1.54, 1.807) is 0 Å². The van der Waals surface area contributed by atoms with Crippen molar-refractivity contribution in [3.05, 3.63) is 17.7 Å². The van der Waals surface area contributed by atoms with Gasteiger partial charge in [-0.1, -0.05) is 77.6 Å². The number of benzene rings is 1. The number of carbonyl (C=O) groups is 1. The molecule has 11 heteroatoms. The molecule has 0 radical (unpaired) electrons. The Morgan fingerprint density at radius 2 is 1.05 bits per heavy atom. The first-order chi connectivity index (χ1) is 19.9. The molecule has 0 aromatic heterocycles. The second-order valence-corrected chi connectivity index (χ2v) is 10.4. The number of aliphatic hydroxyl groups excluding tert-OH is 6. The van der Waals surface area contributed by atoms with Crippen LogP contribution in [0.5, 0.6) is 17.2 Å². The highest BCUT2D eigenvalue weighted by atomic mass is 16.6. The van der Waals surface area contributed by atoms with Crippen molar-refractivity contribution in [1.82, 2.24) is 5.32 Å². The minimum Gasteiger partial charge on any atom is -0.487 e. The lowest BCUT2D eigenvalue weighted by Crippen LogP contribution is -2.26. The van der Waals surface area contributed by atoms with Crippen LogP contribution >= 0.6 is 0 Å². The van der Waals surface area contributed by atoms with E-state index in [4.69, 9.17) is 29.5 Å². The zero-order chi connectivity index (χ0) is 30.3. The van der Waals surface area contributed by atoms with Crippen LogP contribution in [-0.4, -0.2) is 101 Å². The van der Waals surface area contributed by atoms with E-state index in [-0.39, 0.29) is 42.6 Å². The van der Waals surface area contributed by atoms with Crippen molar-refractivity contribution >= 4 is 5.91 Å². The lowest BCUT2D eigenvalue weighted by atomic mass is 10.1. The van der Waals surface area contributed by atoms with Gasteiger partial charge in [-0.05, 0) is 18.6 Å². The Morgan fingerprint density at radius 1 is 0.659 bits per heavy atom. The summed E-state index contributed by atoms with van der Waals surface area (Å²) in [6.07, 6.45) is 11.0. The van der Waals surface area contributed by atoms with Gasteiger partial charge >= 0.3 is 0 Å². The highest BCUT2D eigenvalue weighted by Gasteiger charge is 2.21. The SMILES string of the molecule is CCCCCCCCCCCCCCNC(=O)c1cc(OCC(O)CO)c(OCC(O)CO)c(OCC(O)CO)c1. The first kappa shape index (κ1) is 36.9. The molecule has 1 rings (SSSR count). The molecule has 1 amide bonds. The zero-order valence-electron chi connectivity index (χ0n) is 24.6. The number of aliphatic hydroxyl groups is 6. The minimum absolute atomic E-state index is 0.00542. The highest BCUT2D eigenvalue weighted by Crippen LogP contribution is 2.39. The number of unbranched alkanes of at least 4 members (excludes halogenated alkanes) is 11. The molecule has 0 heterocycles. The molecular weight excluding hydrogens is 534 g/mol. The molecule has 7 N–H and O–H groups in total. The van der Waals surface area contributed by atoms with E-state index in [9.17, 15) is 20.1 Å². The molecule has 0 spiro atoms. The number of rotatable bonds is 26. The fourth-order valence-corrected chi connectivity index (χ4v) is 4.04. The second-order valence-electron chi connectivity index (χ2n) is 10.4. The summed E-state index contributed by atoms with van der Waals surface area (Å²) in [5.74, 6) is -0.441. The summed E-state index contributed by atoms with van der Waals surface area (Å²) in [5, 5.41) is 59.5. The van der Waals surface area contributed by atoms with E-state index in [2.05, 4.69) is 12.2 Å². The molecule has 0 saturated carbocycles. The Hall–Kier alpha value is -2.15. The van der Waals surface area contributed by atoms with Crippen LogP contribution in [0.25, 0.3) is 0 Å². The molecule has 0 aliphatic carbocycles. The summed E-state index contributed by atoms with van der Waals surface area (Å²) in [4.78, 5) is 12.9. The third-order valence-corrected chi connectivity index (χ3v) is 6.51. The van der Waals surface area contributed by atoms with Crippen molar-refractivity contribution in [3.63, 3.8) is 0 Å². The maximum Gasteiger partial charge on any atom is 0.251 e. The average molecular weight is 588 g/mol. The van der Waals surface area contributed by atoms with E-state index in [0.29, 0.717) is 6.54 Å². The largest absolute Gasteiger partial charge is 0.487 e. The number of carbonyl (C=O) groups excluding carboxylic acids is 1. The predicted molar refractivity (Wildman–Crippen MR) is 156 cm³/mol. The first-order valence-corrected chi connectivity index (χ1v) is 15.1. The molecule has 0 aliphatic rings. The van der Waals surface area contributed by atoms with E-state index in [0.717, 1.165) is 19.3 Å². The summed E-state index contributed by atoms with van der Waals surface area (Å²) < 4.78 is 16.8. The van der Waals surface area contributed by atoms with Crippen molar-refractivity contribution in [2.75, 3.05) is 46.2 Å². The maximum atomic E-state index is 12.9. The number of hydrogen-bond donors (Lipinski definition) is 7. The van der Waals surface area contributed by atoms with Gasteiger partial charge in [-0.25, -0.2) is 0 Å². The van der Waals surface area contributed by atoms with Crippen LogP contribution in [0.15, 0.2) is 12.1 Å². The number of nitrogens with one attached hydrogen (secondary N) is 1. The van der Waals surface area contributed by atoms with Gasteiger partial charge in [0.25, 0.3) is 5.91 Å². The molecule has 3 atom stereocenters. The van der Waals surface area contributed by atoms with Gasteiger partial charge in [0.05, 0.1) is 19.8 Å². The Balaban J connectivity index is 2.73. The Kier molecular flexibility index (Phi) is 21.1. The van der Waals surface area contributed by atoms with Gasteiger partial charge in [-0.15, -0.1) is 0 Å². The van der Waals surface area contributed by atoms with Gasteiger partial charge in [0.15, 0.2) is 11.5 Å². The summed E-state index contributed by atoms with van der Waals surface area (Å²) in [5.41, 5.74) is 0.168. The van der Waals surface area contributed by atoms with Crippen molar-refractivity contribution in [2.45, 2.75) is 102 Å². The van der Waals surface area contributed by atoms with Crippen LogP contribution in [0.3, 0.4) is 0 Å². The third-order valence-electron chi connectivity index (χ3n) is 6.51. The maximum absolute atomic E-state index is 12.9. The quantitative estimate of drug-likeness (QED) is 0.0796. The Morgan fingerprint density at radius 3 is 1.46 bits per heavy atom. The molecule has 238 valence electrons. The molecular formula is C30H53NO10. The predicted octanol–water partition coefficient (Wildman–Crippen LogP) is 2.31. The van der Waals surface area contributed by atoms with Gasteiger partial charge in [-0.3, -0.25) is 4.79 Å². The molecule has 11 nitrogen and oxygen atoms in total. The minimum atomic E-state index is -1.21. The van der Waals surface area contributed by atoms with Crippen molar-refractivity contribution in [3.8, 4) is 17.2 Å². The Bertz CT molecular complexity index is 774. The van der Waals surface area contributed by atoms with Crippen molar-refractivity contribution in [1.29, 1.82) is 0 Å². The van der Waals surface area contributed by atoms with Crippen LogP contribution < -0.4 is 19.5 Å². The summed E-state index contributed by atoms with van der Waals surface area (Å²) in [6.45, 7) is 0.0765. The molecule has 1 aromatic rings. The van der Waals surface area contributed by atoms with Crippen molar-refractivity contribution < 1.29 is 49.6 Å². The smallest absolute Gasteiger partial charge is 0.251 e. The monoisotopic (exact) mass is 587 g/mol. The van der Waals surface area contributed by atoms with Gasteiger partial charge in [0.2, 0.25) is 5.75 Å². The average Bonchev–Trinajstić information content (AvgIpc) is 2.99. The topological polar surface area (TPSA) is 178 Å². The first-order valence-electron chi connectivity index (χ1n) is 15.1. The van der Waals surface area contributed by atoms with Gasteiger partial charge < -0.3 is 50.2 Å². The fraction of sp³-hybridized carbons (Fsp3) is 0.767. The third kappa shape index (κ3) is 16.8.